The Morgan fingerprint density at radius 3 is 2.35 bits per heavy atom. The maximum atomic E-state index is 12.7. The van der Waals surface area contributed by atoms with Gasteiger partial charge in [0.05, 0.1) is 11.8 Å². The quantitative estimate of drug-likeness (QED) is 0.717. The van der Waals surface area contributed by atoms with E-state index in [1.54, 1.807) is 0 Å². The van der Waals surface area contributed by atoms with Crippen molar-refractivity contribution in [1.82, 2.24) is 10.2 Å². The van der Waals surface area contributed by atoms with Gasteiger partial charge >= 0.3 is 6.18 Å². The predicted octanol–water partition coefficient (Wildman–Crippen LogP) is -0.165. The second-order valence-electron chi connectivity index (χ2n) is 4.69. The highest BCUT2D eigenvalue weighted by atomic mass is 19.4. The fourth-order valence-electron chi connectivity index (χ4n) is 2.33. The first-order chi connectivity index (χ1) is 7.93. The van der Waals surface area contributed by atoms with E-state index in [2.05, 4.69) is 5.32 Å². The number of rotatable bonds is 2. The van der Waals surface area contributed by atoms with Gasteiger partial charge in [-0.15, -0.1) is 0 Å². The molecule has 1 amide bonds. The zero-order valence-electron chi connectivity index (χ0n) is 9.20. The molecule has 0 aromatic heterocycles. The molecule has 98 valence electrons. The number of halogens is 3. The summed E-state index contributed by atoms with van der Waals surface area (Å²) in [6.45, 7) is 0.239. The van der Waals surface area contributed by atoms with Crippen molar-refractivity contribution in [1.29, 1.82) is 0 Å². The van der Waals surface area contributed by atoms with Crippen molar-refractivity contribution < 1.29 is 23.1 Å². The summed E-state index contributed by atoms with van der Waals surface area (Å²) in [5.74, 6) is -2.90. The van der Waals surface area contributed by atoms with Gasteiger partial charge in [0, 0.05) is 38.7 Å². The van der Waals surface area contributed by atoms with Gasteiger partial charge in [0.1, 0.15) is 0 Å². The monoisotopic (exact) mass is 252 g/mol. The van der Waals surface area contributed by atoms with Gasteiger partial charge in [-0.3, -0.25) is 4.79 Å². The Morgan fingerprint density at radius 2 is 2.00 bits per heavy atom. The van der Waals surface area contributed by atoms with Crippen LogP contribution in [0.3, 0.4) is 0 Å². The van der Waals surface area contributed by atoms with E-state index in [0.717, 1.165) is 0 Å². The van der Waals surface area contributed by atoms with Crippen LogP contribution in [-0.2, 0) is 4.79 Å². The summed E-state index contributed by atoms with van der Waals surface area (Å²) in [7, 11) is 0. The van der Waals surface area contributed by atoms with Gasteiger partial charge < -0.3 is 15.3 Å². The third-order valence-electron chi connectivity index (χ3n) is 3.54. The van der Waals surface area contributed by atoms with Crippen molar-refractivity contribution in [3.63, 3.8) is 0 Å². The van der Waals surface area contributed by atoms with Crippen LogP contribution >= 0.6 is 0 Å². The molecule has 2 fully saturated rings. The first kappa shape index (κ1) is 12.6. The number of likely N-dealkylation sites (tertiary alicyclic amines) is 1. The van der Waals surface area contributed by atoms with Crippen LogP contribution in [0.25, 0.3) is 0 Å². The predicted molar refractivity (Wildman–Crippen MR) is 53.1 cm³/mol. The minimum Gasteiger partial charge on any atom is -0.396 e. The molecule has 2 atom stereocenters. The molecule has 0 unspecified atom stereocenters. The minimum absolute atomic E-state index is 0.00993. The van der Waals surface area contributed by atoms with Crippen molar-refractivity contribution in [2.75, 3.05) is 32.8 Å². The number of alkyl halides is 3. The molecular weight excluding hydrogens is 237 g/mol. The fraction of sp³-hybridized carbons (Fsp3) is 0.900. The molecule has 2 N–H and O–H groups in total. The second-order valence-corrected chi connectivity index (χ2v) is 4.69. The van der Waals surface area contributed by atoms with Crippen LogP contribution in [0.15, 0.2) is 0 Å². The fourth-order valence-corrected chi connectivity index (χ4v) is 2.33. The molecule has 0 saturated carbocycles. The van der Waals surface area contributed by atoms with Gasteiger partial charge in [-0.2, -0.15) is 13.2 Å². The van der Waals surface area contributed by atoms with Gasteiger partial charge in [-0.1, -0.05) is 0 Å². The first-order valence-electron chi connectivity index (χ1n) is 5.60. The molecular formula is C10H15F3N2O2. The topological polar surface area (TPSA) is 52.6 Å². The van der Waals surface area contributed by atoms with E-state index in [4.69, 9.17) is 5.11 Å². The second kappa shape index (κ2) is 4.45. The van der Waals surface area contributed by atoms with Crippen molar-refractivity contribution in [3.8, 4) is 0 Å². The van der Waals surface area contributed by atoms with Gasteiger partial charge in [-0.05, 0) is 0 Å². The molecule has 2 rings (SSSR count). The first-order valence-corrected chi connectivity index (χ1v) is 5.60. The van der Waals surface area contributed by atoms with Crippen molar-refractivity contribution >= 4 is 5.91 Å². The van der Waals surface area contributed by atoms with Crippen molar-refractivity contribution in [2.45, 2.75) is 6.18 Å². The lowest BCUT2D eigenvalue weighted by Gasteiger charge is -2.30. The van der Waals surface area contributed by atoms with Crippen LogP contribution in [-0.4, -0.2) is 54.9 Å². The number of nitrogens with one attached hydrogen (secondary N) is 1. The standard InChI is InChI=1S/C10H15F3N2O2/c11-10(12,13)8-4-15(3-7(8)5-16)9(17)6-1-14-2-6/h6-8,14,16H,1-5H2/t7-,8-/m0/s1. The number of hydrogen-bond donors (Lipinski definition) is 2. The van der Waals surface area contributed by atoms with Crippen LogP contribution in [0.4, 0.5) is 13.2 Å². The molecule has 2 heterocycles. The summed E-state index contributed by atoms with van der Waals surface area (Å²) in [5, 5.41) is 11.9. The lowest BCUT2D eigenvalue weighted by molar-refractivity contribution is -0.183. The summed E-state index contributed by atoms with van der Waals surface area (Å²) in [6.07, 6.45) is -4.35. The third kappa shape index (κ3) is 2.40. The lowest BCUT2D eigenvalue weighted by atomic mass is 9.97. The average Bonchev–Trinajstić information content (AvgIpc) is 2.57. The maximum Gasteiger partial charge on any atom is 0.393 e. The van der Waals surface area contributed by atoms with Crippen LogP contribution in [0, 0.1) is 17.8 Å². The summed E-state index contributed by atoms with van der Waals surface area (Å²) >= 11 is 0. The Bertz CT molecular complexity index is 304. The zero-order chi connectivity index (χ0) is 12.6. The van der Waals surface area contributed by atoms with Crippen LogP contribution in [0.2, 0.25) is 0 Å². The largest absolute Gasteiger partial charge is 0.396 e. The summed E-state index contributed by atoms with van der Waals surface area (Å²) in [5.41, 5.74) is 0. The van der Waals surface area contributed by atoms with E-state index in [1.165, 1.54) is 4.90 Å². The molecule has 2 saturated heterocycles. The Kier molecular flexibility index (Phi) is 3.31. The number of aliphatic hydroxyl groups is 1. The van der Waals surface area contributed by atoms with Gasteiger partial charge in [0.2, 0.25) is 5.91 Å². The molecule has 2 aliphatic heterocycles. The highest BCUT2D eigenvalue weighted by Crippen LogP contribution is 2.37. The maximum absolute atomic E-state index is 12.7. The van der Waals surface area contributed by atoms with E-state index in [9.17, 15) is 18.0 Å². The summed E-state index contributed by atoms with van der Waals surface area (Å²) in [6, 6.07) is 0. The van der Waals surface area contributed by atoms with E-state index in [-0.39, 0.29) is 24.9 Å². The van der Waals surface area contributed by atoms with E-state index in [0.29, 0.717) is 13.1 Å². The molecule has 0 radical (unpaired) electrons. The van der Waals surface area contributed by atoms with Gasteiger partial charge in [0.15, 0.2) is 0 Å². The van der Waals surface area contributed by atoms with Crippen LogP contribution < -0.4 is 5.32 Å². The van der Waals surface area contributed by atoms with Crippen molar-refractivity contribution in [2.24, 2.45) is 17.8 Å². The SMILES string of the molecule is O=C(C1CNC1)N1C[C@@H](CO)[C@@H](C(F)(F)F)C1. The highest BCUT2D eigenvalue weighted by molar-refractivity contribution is 5.80. The number of carbonyl (C=O) groups excluding carboxylic acids is 1. The van der Waals surface area contributed by atoms with Gasteiger partial charge in [0.25, 0.3) is 0 Å². The Labute approximate surface area is 96.8 Å². The number of hydrogen-bond acceptors (Lipinski definition) is 3. The molecule has 17 heavy (non-hydrogen) atoms. The molecule has 0 aromatic carbocycles. The number of carbonyl (C=O) groups is 1. The molecule has 7 heteroatoms. The molecule has 2 aliphatic rings. The Morgan fingerprint density at radius 1 is 1.35 bits per heavy atom. The van der Waals surface area contributed by atoms with Gasteiger partial charge in [-0.25, -0.2) is 0 Å². The molecule has 0 spiro atoms. The highest BCUT2D eigenvalue weighted by Gasteiger charge is 2.51. The summed E-state index contributed by atoms with van der Waals surface area (Å²) in [4.78, 5) is 13.0. The smallest absolute Gasteiger partial charge is 0.393 e. The van der Waals surface area contributed by atoms with Crippen LogP contribution in [0.1, 0.15) is 0 Å². The molecule has 0 bridgehead atoms. The summed E-state index contributed by atoms with van der Waals surface area (Å²) < 4.78 is 38.0. The minimum atomic E-state index is -4.35. The third-order valence-corrected chi connectivity index (χ3v) is 3.54. The number of nitrogens with zero attached hydrogens (tertiary/aromatic N) is 1. The number of amides is 1. The molecule has 4 nitrogen and oxygen atoms in total. The van der Waals surface area contributed by atoms with Crippen molar-refractivity contribution in [3.05, 3.63) is 0 Å². The molecule has 0 aromatic rings. The normalized spacial score (nSPS) is 30.5. The lowest BCUT2D eigenvalue weighted by Crippen LogP contribution is -2.51. The number of aliphatic hydroxyl groups excluding tert-OH is 1. The van der Waals surface area contributed by atoms with Crippen LogP contribution in [0.5, 0.6) is 0 Å². The zero-order valence-corrected chi connectivity index (χ0v) is 9.20. The Hall–Kier alpha value is -0.820. The molecule has 0 aliphatic carbocycles. The van der Waals surface area contributed by atoms with E-state index >= 15 is 0 Å². The van der Waals surface area contributed by atoms with E-state index < -0.39 is 24.6 Å². The average molecular weight is 252 g/mol. The Balaban J connectivity index is 2.01. The van der Waals surface area contributed by atoms with E-state index in [1.807, 2.05) is 0 Å².